The summed E-state index contributed by atoms with van der Waals surface area (Å²) in [4.78, 5) is 32.5. The SMILES string of the molecule is CCCCCCCCC(C(=O)OCC(COC(=O)C(CCCCCCCC)C1CCC1)N1CCC2(CCN(CCCCO)CC2)CC1)C1CCC1. The number of unbranched alkanes of at least 4 members (excludes halogenated alkanes) is 11. The monoisotopic (exact) mass is 717 g/mol. The number of piperidine rings is 2. The molecule has 2 aliphatic heterocycles. The van der Waals surface area contributed by atoms with Crippen molar-refractivity contribution in [1.29, 1.82) is 0 Å². The molecular weight excluding hydrogens is 636 g/mol. The van der Waals surface area contributed by atoms with E-state index in [4.69, 9.17) is 9.47 Å². The Bertz CT molecular complexity index is 884. The summed E-state index contributed by atoms with van der Waals surface area (Å²) in [5, 5.41) is 9.19. The molecule has 0 bridgehead atoms. The van der Waals surface area contributed by atoms with Crippen LogP contribution in [0.2, 0.25) is 0 Å². The Labute approximate surface area is 313 Å². The molecule has 2 saturated carbocycles. The highest BCUT2D eigenvalue weighted by Gasteiger charge is 2.40. The zero-order chi connectivity index (χ0) is 36.2. The van der Waals surface area contributed by atoms with Gasteiger partial charge in [-0.05, 0) is 127 Å². The van der Waals surface area contributed by atoms with E-state index in [9.17, 15) is 14.7 Å². The fraction of sp³-hybridized carbons (Fsp3) is 0.955. The number of ether oxygens (including phenoxy) is 2. The summed E-state index contributed by atoms with van der Waals surface area (Å²) in [6, 6.07) is -0.0685. The average molecular weight is 717 g/mol. The normalized spacial score (nSPS) is 21.9. The summed E-state index contributed by atoms with van der Waals surface area (Å²) >= 11 is 0. The first-order valence-corrected chi connectivity index (χ1v) is 22.4. The Morgan fingerprint density at radius 2 is 1.08 bits per heavy atom. The molecule has 4 rings (SSSR count). The van der Waals surface area contributed by atoms with Crippen LogP contribution in [0, 0.1) is 29.1 Å². The van der Waals surface area contributed by atoms with Crippen molar-refractivity contribution in [3.8, 4) is 0 Å². The lowest BCUT2D eigenvalue weighted by molar-refractivity contribution is -0.159. The molecule has 1 N–H and O–H groups in total. The number of hydrogen-bond donors (Lipinski definition) is 1. The van der Waals surface area contributed by atoms with Crippen LogP contribution in [-0.2, 0) is 19.1 Å². The van der Waals surface area contributed by atoms with Crippen molar-refractivity contribution in [1.82, 2.24) is 9.80 Å². The molecule has 0 aromatic rings. The van der Waals surface area contributed by atoms with Crippen LogP contribution in [0.1, 0.15) is 181 Å². The second kappa shape index (κ2) is 24.3. The predicted octanol–water partition coefficient (Wildman–Crippen LogP) is 9.73. The van der Waals surface area contributed by atoms with Gasteiger partial charge in [0, 0.05) is 6.61 Å². The molecule has 0 radical (unpaired) electrons. The summed E-state index contributed by atoms with van der Waals surface area (Å²) < 4.78 is 12.5. The Morgan fingerprint density at radius 3 is 1.51 bits per heavy atom. The van der Waals surface area contributed by atoms with Crippen LogP contribution in [0.3, 0.4) is 0 Å². The average Bonchev–Trinajstić information content (AvgIpc) is 3.10. The first-order valence-electron chi connectivity index (χ1n) is 22.4. The van der Waals surface area contributed by atoms with Gasteiger partial charge in [-0.1, -0.05) is 104 Å². The lowest BCUT2D eigenvalue weighted by Crippen LogP contribution is -2.52. The second-order valence-electron chi connectivity index (χ2n) is 17.4. The fourth-order valence-electron chi connectivity index (χ4n) is 9.46. The second-order valence-corrected chi connectivity index (χ2v) is 17.4. The van der Waals surface area contributed by atoms with E-state index in [1.165, 1.54) is 103 Å². The van der Waals surface area contributed by atoms with Gasteiger partial charge in [0.1, 0.15) is 13.2 Å². The number of rotatable bonds is 27. The minimum absolute atomic E-state index is 0.00190. The molecule has 0 aromatic heterocycles. The Kier molecular flexibility index (Phi) is 20.3. The third-order valence-corrected chi connectivity index (χ3v) is 13.8. The molecule has 7 heteroatoms. The Hall–Kier alpha value is -1.18. The minimum atomic E-state index is -0.0685. The van der Waals surface area contributed by atoms with Crippen molar-refractivity contribution < 1.29 is 24.2 Å². The molecular formula is C44H80N2O5. The van der Waals surface area contributed by atoms with Gasteiger partial charge in [-0.25, -0.2) is 0 Å². The molecule has 7 nitrogen and oxygen atoms in total. The van der Waals surface area contributed by atoms with Crippen LogP contribution in [-0.4, -0.2) is 85.4 Å². The topological polar surface area (TPSA) is 79.3 Å². The molecule has 4 fully saturated rings. The molecule has 1 spiro atoms. The van der Waals surface area contributed by atoms with Crippen LogP contribution in [0.25, 0.3) is 0 Å². The largest absolute Gasteiger partial charge is 0.464 e. The van der Waals surface area contributed by atoms with Gasteiger partial charge in [0.2, 0.25) is 0 Å². The summed E-state index contributed by atoms with van der Waals surface area (Å²) in [5.74, 6) is 1.03. The van der Waals surface area contributed by atoms with Gasteiger partial charge in [-0.15, -0.1) is 0 Å². The van der Waals surface area contributed by atoms with E-state index in [-0.39, 0.29) is 29.8 Å². The maximum absolute atomic E-state index is 13.7. The third kappa shape index (κ3) is 14.5. The van der Waals surface area contributed by atoms with E-state index in [0.29, 0.717) is 37.1 Å². The number of hydrogen-bond acceptors (Lipinski definition) is 7. The molecule has 0 amide bonds. The number of carbonyl (C=O) groups excluding carboxylic acids is 2. The van der Waals surface area contributed by atoms with Crippen molar-refractivity contribution in [2.75, 3.05) is 52.5 Å². The molecule has 0 aromatic carbocycles. The van der Waals surface area contributed by atoms with Crippen LogP contribution in [0.5, 0.6) is 0 Å². The van der Waals surface area contributed by atoms with Gasteiger partial charge in [0.15, 0.2) is 0 Å². The molecule has 2 saturated heterocycles. The van der Waals surface area contributed by atoms with Crippen molar-refractivity contribution in [2.45, 2.75) is 187 Å². The predicted molar refractivity (Wildman–Crippen MR) is 209 cm³/mol. The number of esters is 2. The summed E-state index contributed by atoms with van der Waals surface area (Å²) in [6.45, 7) is 10.9. The number of aliphatic hydroxyl groups excluding tert-OH is 1. The molecule has 2 heterocycles. The van der Waals surface area contributed by atoms with Gasteiger partial charge >= 0.3 is 11.9 Å². The van der Waals surface area contributed by atoms with Crippen molar-refractivity contribution in [3.05, 3.63) is 0 Å². The van der Waals surface area contributed by atoms with Gasteiger partial charge in [-0.2, -0.15) is 0 Å². The first kappa shape index (κ1) is 42.6. The van der Waals surface area contributed by atoms with E-state index < -0.39 is 0 Å². The standard InChI is InChI=1S/C44H80N2O5/c1-3-5-7-9-11-13-23-40(37-19-17-20-37)42(48)50-35-39(36-51-43(49)41(38-21-18-22-38)24-14-12-10-8-6-4-2)46-32-27-44(28-33-46)25-30-45(31-26-44)29-15-16-34-47/h37-41,47H,3-36H2,1-2H3. The lowest BCUT2D eigenvalue weighted by atomic mass is 9.71. The number of aliphatic hydroxyl groups is 1. The maximum Gasteiger partial charge on any atom is 0.309 e. The molecule has 4 aliphatic rings. The fourth-order valence-corrected chi connectivity index (χ4v) is 9.46. The first-order chi connectivity index (χ1) is 25.0. The van der Waals surface area contributed by atoms with E-state index in [1.807, 2.05) is 0 Å². The van der Waals surface area contributed by atoms with E-state index in [2.05, 4.69) is 23.6 Å². The van der Waals surface area contributed by atoms with Gasteiger partial charge in [0.25, 0.3) is 0 Å². The van der Waals surface area contributed by atoms with Crippen molar-refractivity contribution >= 4 is 11.9 Å². The third-order valence-electron chi connectivity index (χ3n) is 13.8. The highest BCUT2D eigenvalue weighted by Crippen LogP contribution is 2.42. The van der Waals surface area contributed by atoms with Crippen LogP contribution >= 0.6 is 0 Å². The number of carbonyl (C=O) groups is 2. The van der Waals surface area contributed by atoms with Crippen LogP contribution in [0.15, 0.2) is 0 Å². The highest BCUT2D eigenvalue weighted by atomic mass is 16.5. The molecule has 51 heavy (non-hydrogen) atoms. The summed E-state index contributed by atoms with van der Waals surface area (Å²) in [5.41, 5.74) is 0.404. The van der Waals surface area contributed by atoms with Gasteiger partial charge in [0.05, 0.1) is 17.9 Å². The lowest BCUT2D eigenvalue weighted by Gasteiger charge is -2.48. The highest BCUT2D eigenvalue weighted by molar-refractivity contribution is 5.73. The molecule has 2 unspecified atom stereocenters. The van der Waals surface area contributed by atoms with Crippen molar-refractivity contribution in [3.63, 3.8) is 0 Å². The minimum Gasteiger partial charge on any atom is -0.464 e. The van der Waals surface area contributed by atoms with Gasteiger partial charge < -0.3 is 19.5 Å². The zero-order valence-electron chi connectivity index (χ0n) is 33.4. The summed E-state index contributed by atoms with van der Waals surface area (Å²) in [6.07, 6.45) is 30.8. The maximum atomic E-state index is 13.7. The quantitative estimate of drug-likeness (QED) is 0.0670. The number of nitrogens with zero attached hydrogens (tertiary/aromatic N) is 2. The molecule has 296 valence electrons. The van der Waals surface area contributed by atoms with Crippen LogP contribution < -0.4 is 0 Å². The summed E-state index contributed by atoms with van der Waals surface area (Å²) in [7, 11) is 0. The zero-order valence-corrected chi connectivity index (χ0v) is 33.4. The molecule has 2 aliphatic carbocycles. The van der Waals surface area contributed by atoms with E-state index in [1.54, 1.807) is 0 Å². The molecule has 2 atom stereocenters. The van der Waals surface area contributed by atoms with Crippen molar-refractivity contribution in [2.24, 2.45) is 29.1 Å². The Morgan fingerprint density at radius 1 is 0.627 bits per heavy atom. The van der Waals surface area contributed by atoms with Crippen LogP contribution in [0.4, 0.5) is 0 Å². The van der Waals surface area contributed by atoms with E-state index >= 15 is 0 Å². The van der Waals surface area contributed by atoms with E-state index in [0.717, 1.165) is 96.9 Å². The Balaban J connectivity index is 1.32. The smallest absolute Gasteiger partial charge is 0.309 e. The van der Waals surface area contributed by atoms with Gasteiger partial charge in [-0.3, -0.25) is 14.5 Å². The number of likely N-dealkylation sites (tertiary alicyclic amines) is 2.